The van der Waals surface area contributed by atoms with Crippen LogP contribution in [0.1, 0.15) is 50.7 Å². The Morgan fingerprint density at radius 2 is 2.03 bits per heavy atom. The zero-order valence-corrected chi connectivity index (χ0v) is 20.7. The van der Waals surface area contributed by atoms with Crippen LogP contribution in [0.5, 0.6) is 0 Å². The molecule has 0 spiro atoms. The summed E-state index contributed by atoms with van der Waals surface area (Å²) >= 11 is 0. The first-order valence-corrected chi connectivity index (χ1v) is 12.2. The molecule has 1 amide bonds. The summed E-state index contributed by atoms with van der Waals surface area (Å²) in [6.07, 6.45) is -1.50. The fourth-order valence-electron chi connectivity index (χ4n) is 4.97. The molecule has 0 radical (unpaired) electrons. The highest BCUT2D eigenvalue weighted by Gasteiger charge is 2.53. The number of nitriles is 1. The number of alkyl halides is 4. The molecular weight excluding hydrogens is 506 g/mol. The molecule has 2 aromatic heterocycles. The van der Waals surface area contributed by atoms with Gasteiger partial charge in [-0.25, -0.2) is 14.7 Å². The summed E-state index contributed by atoms with van der Waals surface area (Å²) in [4.78, 5) is 24.8. The summed E-state index contributed by atoms with van der Waals surface area (Å²) < 4.78 is 55.9. The largest absolute Gasteiger partial charge is 0.417 e. The Labute approximate surface area is 215 Å². The third-order valence-electron chi connectivity index (χ3n) is 7.53. The van der Waals surface area contributed by atoms with E-state index in [1.807, 2.05) is 6.07 Å². The van der Waals surface area contributed by atoms with Crippen molar-refractivity contribution in [1.29, 1.82) is 5.26 Å². The Kier molecular flexibility index (Phi) is 5.93. The Morgan fingerprint density at radius 3 is 2.63 bits per heavy atom. The van der Waals surface area contributed by atoms with Crippen molar-refractivity contribution in [3.63, 3.8) is 0 Å². The van der Waals surface area contributed by atoms with E-state index in [1.54, 1.807) is 13.8 Å². The molecule has 2 aromatic rings. The summed E-state index contributed by atoms with van der Waals surface area (Å²) in [5.74, 6) is -1.70. The normalized spacial score (nSPS) is 24.7. The van der Waals surface area contributed by atoms with Gasteiger partial charge in [-0.2, -0.15) is 18.4 Å². The van der Waals surface area contributed by atoms with Crippen LogP contribution in [0, 0.1) is 17.4 Å². The molecule has 3 aliphatic rings. The number of aliphatic hydroxyl groups is 1. The SMILES string of the molecule is CC(NC1(C)[N+]#CC(C#N)=C(c2c[nH]c3ncc(C(F)(F)F)cc23)N1)C1(F)CCN(C(=O)C2(O)CC2)CC1. The van der Waals surface area contributed by atoms with Crippen LogP contribution in [-0.4, -0.2) is 62.1 Å². The number of fused-ring (bicyclic) bond motifs is 1. The van der Waals surface area contributed by atoms with Crippen molar-refractivity contribution in [2.75, 3.05) is 13.1 Å². The first-order valence-electron chi connectivity index (χ1n) is 12.2. The lowest BCUT2D eigenvalue weighted by molar-refractivity contribution is -0.145. The number of carbonyl (C=O) groups excluding carboxylic acids is 1. The molecule has 200 valence electrons. The van der Waals surface area contributed by atoms with Gasteiger partial charge in [-0.3, -0.25) is 10.1 Å². The van der Waals surface area contributed by atoms with Crippen molar-refractivity contribution in [1.82, 2.24) is 25.5 Å². The molecule has 2 atom stereocenters. The van der Waals surface area contributed by atoms with Crippen LogP contribution in [-0.2, 0) is 11.0 Å². The number of pyridine rings is 1. The molecule has 1 aliphatic carbocycles. The van der Waals surface area contributed by atoms with Crippen molar-refractivity contribution in [3.8, 4) is 12.1 Å². The molecule has 4 heterocycles. The maximum atomic E-state index is 16.0. The molecule has 0 bridgehead atoms. The second kappa shape index (κ2) is 8.68. The van der Waals surface area contributed by atoms with Crippen LogP contribution >= 0.6 is 0 Å². The van der Waals surface area contributed by atoms with Crippen molar-refractivity contribution >= 4 is 22.6 Å². The van der Waals surface area contributed by atoms with Gasteiger partial charge in [-0.1, -0.05) is 0 Å². The molecule has 2 aliphatic heterocycles. The number of carbonyl (C=O) groups is 1. The maximum Gasteiger partial charge on any atom is 0.417 e. The van der Waals surface area contributed by atoms with Crippen LogP contribution in [0.2, 0.25) is 0 Å². The molecule has 2 unspecified atom stereocenters. The Bertz CT molecular complexity index is 1440. The van der Waals surface area contributed by atoms with E-state index < -0.39 is 34.8 Å². The lowest BCUT2D eigenvalue weighted by atomic mass is 9.86. The highest BCUT2D eigenvalue weighted by Crippen LogP contribution is 2.40. The number of nitrogens with zero attached hydrogens (tertiary/aromatic N) is 4. The van der Waals surface area contributed by atoms with Crippen molar-refractivity contribution < 1.29 is 27.5 Å². The third-order valence-corrected chi connectivity index (χ3v) is 7.53. The molecule has 0 aromatic carbocycles. The first-order chi connectivity index (χ1) is 17.8. The van der Waals surface area contributed by atoms with E-state index in [1.165, 1.54) is 11.1 Å². The van der Waals surface area contributed by atoms with Gasteiger partial charge in [0.1, 0.15) is 23.0 Å². The third kappa shape index (κ3) is 4.57. The standard InChI is InChI=1S/C25H25F4N7O2/c1-14(23(26)5-7-36(8-6-23)21(37)24(38)3-4-24)34-22(2)33-11-15(10-30)19(35-22)18-13-32-20-17(18)9-16(12-31-20)25(27,28)29/h9,12-14,34,38H,3-8H2,1-2H3,(H,31,32,35)/p+1. The Hall–Kier alpha value is -3.68. The lowest BCUT2D eigenvalue weighted by Crippen LogP contribution is -2.62. The molecule has 9 nitrogen and oxygen atoms in total. The predicted octanol–water partition coefficient (Wildman–Crippen LogP) is 3.26. The van der Waals surface area contributed by atoms with Gasteiger partial charge in [-0.05, 0) is 30.7 Å². The smallest absolute Gasteiger partial charge is 0.380 e. The van der Waals surface area contributed by atoms with Gasteiger partial charge < -0.3 is 15.0 Å². The summed E-state index contributed by atoms with van der Waals surface area (Å²) in [5, 5.41) is 26.0. The van der Waals surface area contributed by atoms with Gasteiger partial charge in [0.05, 0.1) is 18.2 Å². The number of piperidine rings is 1. The van der Waals surface area contributed by atoms with E-state index in [4.69, 9.17) is 0 Å². The molecule has 1 saturated carbocycles. The number of H-pyrrole nitrogens is 1. The van der Waals surface area contributed by atoms with E-state index in [-0.39, 0.29) is 59.7 Å². The fourth-order valence-corrected chi connectivity index (χ4v) is 4.97. The van der Waals surface area contributed by atoms with Gasteiger partial charge in [0.15, 0.2) is 0 Å². The van der Waals surface area contributed by atoms with E-state index in [0.717, 1.165) is 12.3 Å². The number of allylic oxidation sites excluding steroid dienone is 1. The fraction of sp³-hybridized carbons (Fsp3) is 0.520. The van der Waals surface area contributed by atoms with Gasteiger partial charge >= 0.3 is 18.0 Å². The molecule has 5 rings (SSSR count). The maximum absolute atomic E-state index is 16.0. The van der Waals surface area contributed by atoms with Crippen LogP contribution in [0.3, 0.4) is 0 Å². The molecule has 13 heteroatoms. The second-order valence-electron chi connectivity index (χ2n) is 10.3. The van der Waals surface area contributed by atoms with Gasteiger partial charge in [0.2, 0.25) is 5.57 Å². The number of amides is 1. The average Bonchev–Trinajstić information content (AvgIpc) is 3.48. The number of likely N-dealkylation sites (tertiary alicyclic amines) is 1. The minimum atomic E-state index is -4.60. The van der Waals surface area contributed by atoms with Crippen LogP contribution in [0.25, 0.3) is 21.6 Å². The van der Waals surface area contributed by atoms with E-state index >= 15 is 4.39 Å². The summed E-state index contributed by atoms with van der Waals surface area (Å²) in [6, 6.07) is 4.75. The van der Waals surface area contributed by atoms with Gasteiger partial charge in [0.25, 0.3) is 5.91 Å². The monoisotopic (exact) mass is 532 g/mol. The molecule has 4 N–H and O–H groups in total. The Morgan fingerprint density at radius 1 is 1.34 bits per heavy atom. The highest BCUT2D eigenvalue weighted by molar-refractivity contribution is 5.93. The van der Waals surface area contributed by atoms with Crippen molar-refractivity contribution in [2.45, 2.75) is 68.8 Å². The number of nitrogens with one attached hydrogen (secondary N) is 3. The predicted molar refractivity (Wildman–Crippen MR) is 129 cm³/mol. The zero-order chi connectivity index (χ0) is 27.5. The van der Waals surface area contributed by atoms with Crippen LogP contribution in [0.4, 0.5) is 17.6 Å². The molecular formula is C25H26F4N7O2+. The summed E-state index contributed by atoms with van der Waals surface area (Å²) in [5.41, 5.74) is -3.34. The number of aromatic amines is 1. The van der Waals surface area contributed by atoms with Crippen LogP contribution < -0.4 is 10.6 Å². The van der Waals surface area contributed by atoms with Crippen LogP contribution in [0.15, 0.2) is 24.0 Å². The topological polar surface area (TPSA) is 121 Å². The number of hydrogen-bond donors (Lipinski definition) is 4. The summed E-state index contributed by atoms with van der Waals surface area (Å²) in [7, 11) is 0. The van der Waals surface area contributed by atoms with Gasteiger partial charge in [-0.15, -0.1) is 0 Å². The molecule has 2 fully saturated rings. The first kappa shape index (κ1) is 25.9. The minimum Gasteiger partial charge on any atom is -0.380 e. The molecule has 38 heavy (non-hydrogen) atoms. The van der Waals surface area contributed by atoms with Crippen molar-refractivity contribution in [2.24, 2.45) is 0 Å². The van der Waals surface area contributed by atoms with Crippen molar-refractivity contribution in [3.05, 3.63) is 40.0 Å². The minimum absolute atomic E-state index is 0.0324. The molecule has 1 saturated heterocycles. The van der Waals surface area contributed by atoms with E-state index in [9.17, 15) is 28.3 Å². The van der Waals surface area contributed by atoms with Gasteiger partial charge in [0, 0.05) is 55.3 Å². The highest BCUT2D eigenvalue weighted by atomic mass is 19.4. The quantitative estimate of drug-likeness (QED) is 0.439. The van der Waals surface area contributed by atoms with E-state index in [0.29, 0.717) is 12.8 Å². The zero-order valence-electron chi connectivity index (χ0n) is 20.7. The second-order valence-corrected chi connectivity index (χ2v) is 10.3. The summed E-state index contributed by atoms with van der Waals surface area (Å²) in [6.45, 7) is 3.57. The average molecular weight is 533 g/mol. The number of aromatic nitrogens is 2. The number of rotatable bonds is 5. The number of halogens is 4. The number of hydrogen-bond acceptors (Lipinski definition) is 6. The lowest BCUT2D eigenvalue weighted by Gasteiger charge is -2.41. The van der Waals surface area contributed by atoms with E-state index in [2.05, 4.69) is 31.5 Å². The Balaban J connectivity index is 1.35.